The van der Waals surface area contributed by atoms with E-state index in [1.807, 2.05) is 13.8 Å². The van der Waals surface area contributed by atoms with Crippen LogP contribution in [0.2, 0.25) is 0 Å². The predicted molar refractivity (Wildman–Crippen MR) is 138 cm³/mol. The minimum atomic E-state index is -5.12. The van der Waals surface area contributed by atoms with Gasteiger partial charge in [-0.05, 0) is 70.6 Å². The number of benzene rings is 3. The Kier molecular flexibility index (Phi) is 9.43. The van der Waals surface area contributed by atoms with Crippen molar-refractivity contribution in [1.82, 2.24) is 10.2 Å². The van der Waals surface area contributed by atoms with Gasteiger partial charge in [0, 0.05) is 25.7 Å². The standard InChI is InChI=1S/C29H27F9N2O2/c1-16(2)18-5-8-25(42-4)24(12-18)23-7-6-20(27(30,31)32)11-19(23)15-40(26(41)39-3)14-17-9-21(28(33,34)35)13-22(10-17)29(36,37)38/h5-13,16H,14-15H2,1-4H3,(H,39,41). The fourth-order valence-corrected chi connectivity index (χ4v) is 4.35. The number of rotatable bonds is 7. The largest absolute Gasteiger partial charge is 0.496 e. The van der Waals surface area contributed by atoms with Gasteiger partial charge in [0.05, 0.1) is 23.8 Å². The molecule has 0 aromatic heterocycles. The van der Waals surface area contributed by atoms with Crippen LogP contribution in [-0.4, -0.2) is 25.1 Å². The number of carbonyl (C=O) groups excluding carboxylic acids is 1. The van der Waals surface area contributed by atoms with Gasteiger partial charge in [0.2, 0.25) is 0 Å². The molecule has 0 fully saturated rings. The van der Waals surface area contributed by atoms with Crippen LogP contribution in [0.4, 0.5) is 44.3 Å². The van der Waals surface area contributed by atoms with Crippen molar-refractivity contribution in [3.8, 4) is 16.9 Å². The molecule has 228 valence electrons. The van der Waals surface area contributed by atoms with Gasteiger partial charge in [0.15, 0.2) is 0 Å². The SMILES string of the molecule is CNC(=O)N(Cc1cc(C(F)(F)F)cc(C(F)(F)F)c1)Cc1cc(C(F)(F)F)ccc1-c1cc(C(C)C)ccc1OC. The Hall–Kier alpha value is -3.90. The maximum absolute atomic E-state index is 13.7. The van der Waals surface area contributed by atoms with Gasteiger partial charge in [-0.1, -0.05) is 26.0 Å². The molecule has 0 aliphatic rings. The van der Waals surface area contributed by atoms with Crippen molar-refractivity contribution < 1.29 is 49.0 Å². The van der Waals surface area contributed by atoms with Crippen molar-refractivity contribution in [2.24, 2.45) is 0 Å². The maximum Gasteiger partial charge on any atom is 0.416 e. The van der Waals surface area contributed by atoms with Crippen molar-refractivity contribution in [3.63, 3.8) is 0 Å². The number of halogens is 9. The van der Waals surface area contributed by atoms with Gasteiger partial charge in [-0.15, -0.1) is 0 Å². The van der Waals surface area contributed by atoms with Crippen LogP contribution in [0.3, 0.4) is 0 Å². The number of alkyl halides is 9. The fraction of sp³-hybridized carbons (Fsp3) is 0.345. The molecule has 0 saturated heterocycles. The average Bonchev–Trinajstić information content (AvgIpc) is 2.90. The zero-order valence-corrected chi connectivity index (χ0v) is 22.9. The van der Waals surface area contributed by atoms with E-state index >= 15 is 0 Å². The molecule has 3 aromatic carbocycles. The Labute approximate surface area is 236 Å². The highest BCUT2D eigenvalue weighted by Gasteiger charge is 2.37. The Bertz CT molecular complexity index is 1400. The van der Waals surface area contributed by atoms with Gasteiger partial charge in [-0.2, -0.15) is 39.5 Å². The molecule has 4 nitrogen and oxygen atoms in total. The number of methoxy groups -OCH3 is 1. The van der Waals surface area contributed by atoms with E-state index < -0.39 is 59.9 Å². The van der Waals surface area contributed by atoms with Crippen molar-refractivity contribution in [2.75, 3.05) is 14.2 Å². The molecule has 0 saturated carbocycles. The maximum atomic E-state index is 13.7. The van der Waals surface area contributed by atoms with Crippen LogP contribution in [0.5, 0.6) is 5.75 Å². The first-order chi connectivity index (χ1) is 19.3. The number of nitrogens with zero attached hydrogens (tertiary/aromatic N) is 1. The molecule has 0 unspecified atom stereocenters. The third kappa shape index (κ3) is 7.68. The second-order valence-electron chi connectivity index (χ2n) is 9.81. The van der Waals surface area contributed by atoms with E-state index in [1.165, 1.54) is 20.2 Å². The lowest BCUT2D eigenvalue weighted by atomic mass is 9.92. The first-order valence-corrected chi connectivity index (χ1v) is 12.5. The summed E-state index contributed by atoms with van der Waals surface area (Å²) in [6, 6.07) is 7.88. The summed E-state index contributed by atoms with van der Waals surface area (Å²) in [5, 5.41) is 2.24. The first-order valence-electron chi connectivity index (χ1n) is 12.5. The Morgan fingerprint density at radius 2 is 1.33 bits per heavy atom. The van der Waals surface area contributed by atoms with Crippen LogP contribution < -0.4 is 10.1 Å². The summed E-state index contributed by atoms with van der Waals surface area (Å²) in [7, 11) is 2.53. The van der Waals surface area contributed by atoms with Crippen LogP contribution in [0.1, 0.15) is 53.1 Å². The van der Waals surface area contributed by atoms with E-state index in [0.29, 0.717) is 23.4 Å². The van der Waals surface area contributed by atoms with Crippen molar-refractivity contribution in [1.29, 1.82) is 0 Å². The van der Waals surface area contributed by atoms with E-state index in [-0.39, 0.29) is 23.1 Å². The molecule has 13 heteroatoms. The third-order valence-electron chi connectivity index (χ3n) is 6.50. The van der Waals surface area contributed by atoms with Gasteiger partial charge in [-0.3, -0.25) is 0 Å². The summed E-state index contributed by atoms with van der Waals surface area (Å²) in [5.41, 5.74) is -3.36. The zero-order chi connectivity index (χ0) is 31.6. The smallest absolute Gasteiger partial charge is 0.416 e. The summed E-state index contributed by atoms with van der Waals surface area (Å²) in [5.74, 6) is 0.332. The van der Waals surface area contributed by atoms with Gasteiger partial charge in [0.25, 0.3) is 0 Å². The zero-order valence-electron chi connectivity index (χ0n) is 22.9. The number of hydrogen-bond acceptors (Lipinski definition) is 2. The van der Waals surface area contributed by atoms with Gasteiger partial charge in [-0.25, -0.2) is 4.79 Å². The molecule has 0 heterocycles. The second kappa shape index (κ2) is 12.1. The lowest BCUT2D eigenvalue weighted by Crippen LogP contribution is -2.37. The summed E-state index contributed by atoms with van der Waals surface area (Å²) < 4.78 is 127. The molecular formula is C29H27F9N2O2. The van der Waals surface area contributed by atoms with Crippen LogP contribution in [0.25, 0.3) is 11.1 Å². The molecular weight excluding hydrogens is 579 g/mol. The minimum absolute atomic E-state index is 0.0265. The van der Waals surface area contributed by atoms with E-state index in [2.05, 4.69) is 5.32 Å². The molecule has 0 aliphatic carbocycles. The Balaban J connectivity index is 2.20. The summed E-state index contributed by atoms with van der Waals surface area (Å²) >= 11 is 0. The van der Waals surface area contributed by atoms with Crippen LogP contribution >= 0.6 is 0 Å². The highest BCUT2D eigenvalue weighted by molar-refractivity contribution is 5.77. The van der Waals surface area contributed by atoms with Gasteiger partial charge < -0.3 is 15.0 Å². The van der Waals surface area contributed by atoms with E-state index in [9.17, 15) is 44.3 Å². The number of nitrogens with one attached hydrogen (secondary N) is 1. The normalized spacial score (nSPS) is 12.4. The number of carbonyl (C=O) groups is 1. The van der Waals surface area contributed by atoms with E-state index in [1.54, 1.807) is 18.2 Å². The molecule has 0 bridgehead atoms. The third-order valence-corrected chi connectivity index (χ3v) is 6.50. The Morgan fingerprint density at radius 3 is 1.81 bits per heavy atom. The summed E-state index contributed by atoms with van der Waals surface area (Å²) in [6.07, 6.45) is -15.0. The highest BCUT2D eigenvalue weighted by Crippen LogP contribution is 2.40. The van der Waals surface area contributed by atoms with E-state index in [4.69, 9.17) is 4.74 Å². The van der Waals surface area contributed by atoms with Crippen molar-refractivity contribution in [3.05, 3.63) is 88.0 Å². The molecule has 3 rings (SSSR count). The van der Waals surface area contributed by atoms with E-state index in [0.717, 1.165) is 22.6 Å². The van der Waals surface area contributed by atoms with Crippen molar-refractivity contribution >= 4 is 6.03 Å². The molecule has 2 amide bonds. The first kappa shape index (κ1) is 32.6. The molecule has 1 N–H and O–H groups in total. The Morgan fingerprint density at radius 1 is 0.762 bits per heavy atom. The topological polar surface area (TPSA) is 41.6 Å². The number of hydrogen-bond donors (Lipinski definition) is 1. The van der Waals surface area contributed by atoms with Crippen LogP contribution in [0, 0.1) is 0 Å². The monoisotopic (exact) mass is 606 g/mol. The van der Waals surface area contributed by atoms with Crippen molar-refractivity contribution in [2.45, 2.75) is 51.4 Å². The number of urea groups is 1. The quantitative estimate of drug-likeness (QED) is 0.273. The molecule has 0 atom stereocenters. The minimum Gasteiger partial charge on any atom is -0.496 e. The number of ether oxygens (including phenoxy) is 1. The van der Waals surface area contributed by atoms with Crippen LogP contribution in [0.15, 0.2) is 54.6 Å². The molecule has 3 aromatic rings. The number of amides is 2. The second-order valence-corrected chi connectivity index (χ2v) is 9.81. The highest BCUT2D eigenvalue weighted by atomic mass is 19.4. The molecule has 0 spiro atoms. The molecule has 42 heavy (non-hydrogen) atoms. The van der Waals surface area contributed by atoms with Gasteiger partial charge in [0.1, 0.15) is 5.75 Å². The molecule has 0 radical (unpaired) electrons. The lowest BCUT2D eigenvalue weighted by Gasteiger charge is -2.26. The van der Waals surface area contributed by atoms with Crippen LogP contribution in [-0.2, 0) is 31.6 Å². The fourth-order valence-electron chi connectivity index (χ4n) is 4.35. The molecule has 0 aliphatic heterocycles. The lowest BCUT2D eigenvalue weighted by molar-refractivity contribution is -0.143. The average molecular weight is 607 g/mol. The van der Waals surface area contributed by atoms with Gasteiger partial charge >= 0.3 is 24.6 Å². The predicted octanol–water partition coefficient (Wildman–Crippen LogP) is 8.88. The summed E-state index contributed by atoms with van der Waals surface area (Å²) in [4.78, 5) is 13.6. The summed E-state index contributed by atoms with van der Waals surface area (Å²) in [6.45, 7) is 2.44.